The Morgan fingerprint density at radius 2 is 2.12 bits per heavy atom. The molecule has 0 radical (unpaired) electrons. The molecule has 0 bridgehead atoms. The molecule has 0 unspecified atom stereocenters. The summed E-state index contributed by atoms with van der Waals surface area (Å²) in [5.41, 5.74) is 0.618. The van der Waals surface area contributed by atoms with Crippen molar-refractivity contribution >= 4 is 17.6 Å². The minimum atomic E-state index is -1.07. The highest BCUT2D eigenvalue weighted by atomic mass is 16.5. The van der Waals surface area contributed by atoms with Crippen molar-refractivity contribution in [2.24, 2.45) is 0 Å². The smallest absolute Gasteiger partial charge is 0.346 e. The van der Waals surface area contributed by atoms with Crippen molar-refractivity contribution < 1.29 is 19.4 Å². The number of hydrogen-bond acceptors (Lipinski definition) is 3. The Labute approximate surface area is 92.2 Å². The monoisotopic (exact) mass is 221 g/mol. The fraction of sp³-hybridized carbons (Fsp3) is 0.273. The summed E-state index contributed by atoms with van der Waals surface area (Å²) in [4.78, 5) is 23.7. The maximum absolute atomic E-state index is 11.4. The molecule has 1 atom stereocenters. The average Bonchev–Trinajstić information content (AvgIpc) is 2.27. The third-order valence-corrected chi connectivity index (χ3v) is 2.43. The lowest BCUT2D eigenvalue weighted by molar-refractivity contribution is -0.145. The molecule has 1 amide bonds. The Hall–Kier alpha value is -2.04. The zero-order valence-electron chi connectivity index (χ0n) is 8.71. The number of carbonyl (C=O) groups is 2. The number of carbonyl (C=O) groups excluding carboxylic acids is 1. The number of amides is 1. The molecule has 84 valence electrons. The lowest BCUT2D eigenvalue weighted by Gasteiger charge is -2.32. The molecule has 1 aromatic rings. The first-order valence-electron chi connectivity index (χ1n) is 4.86. The minimum absolute atomic E-state index is 0.0433. The number of aliphatic carboxylic acids is 1. The Kier molecular flexibility index (Phi) is 2.52. The van der Waals surface area contributed by atoms with Gasteiger partial charge in [-0.2, -0.15) is 0 Å². The van der Waals surface area contributed by atoms with Crippen molar-refractivity contribution in [3.8, 4) is 5.75 Å². The van der Waals surface area contributed by atoms with E-state index in [9.17, 15) is 9.59 Å². The molecule has 0 saturated carbocycles. The van der Waals surface area contributed by atoms with Gasteiger partial charge in [-0.25, -0.2) is 4.79 Å². The average molecular weight is 221 g/mol. The predicted octanol–water partition coefficient (Wildman–Crippen LogP) is 0.885. The van der Waals surface area contributed by atoms with E-state index in [0.717, 1.165) is 0 Å². The number of rotatable bonds is 1. The maximum Gasteiger partial charge on any atom is 0.346 e. The second-order valence-corrected chi connectivity index (χ2v) is 3.54. The van der Waals surface area contributed by atoms with Gasteiger partial charge in [0.25, 0.3) is 0 Å². The summed E-state index contributed by atoms with van der Waals surface area (Å²) in [6.45, 7) is 1.45. The van der Waals surface area contributed by atoms with Crippen LogP contribution < -0.4 is 9.64 Å². The molecule has 0 aromatic heterocycles. The Morgan fingerprint density at radius 3 is 2.75 bits per heavy atom. The molecule has 0 aliphatic carbocycles. The molecule has 0 spiro atoms. The number of anilines is 1. The molecular formula is C11H11NO4. The van der Waals surface area contributed by atoms with Crippen molar-refractivity contribution in [2.75, 3.05) is 11.4 Å². The second-order valence-electron chi connectivity index (χ2n) is 3.54. The van der Waals surface area contributed by atoms with Crippen LogP contribution in [-0.4, -0.2) is 29.6 Å². The van der Waals surface area contributed by atoms with Crippen LogP contribution in [0.4, 0.5) is 5.69 Å². The van der Waals surface area contributed by atoms with Crippen LogP contribution in [0, 0.1) is 0 Å². The fourth-order valence-corrected chi connectivity index (χ4v) is 1.66. The van der Waals surface area contributed by atoms with Gasteiger partial charge in [-0.15, -0.1) is 0 Å². The Balaban J connectivity index is 2.41. The van der Waals surface area contributed by atoms with Crippen molar-refractivity contribution in [1.82, 2.24) is 0 Å². The van der Waals surface area contributed by atoms with E-state index in [1.54, 1.807) is 24.3 Å². The van der Waals surface area contributed by atoms with Crippen LogP contribution >= 0.6 is 0 Å². The third-order valence-electron chi connectivity index (χ3n) is 2.43. The zero-order chi connectivity index (χ0) is 11.7. The summed E-state index contributed by atoms with van der Waals surface area (Å²) < 4.78 is 5.28. The number of para-hydroxylation sites is 2. The van der Waals surface area contributed by atoms with Crippen LogP contribution in [0.1, 0.15) is 6.92 Å². The van der Waals surface area contributed by atoms with Gasteiger partial charge in [0.15, 0.2) is 0 Å². The van der Waals surface area contributed by atoms with Crippen LogP contribution in [0.15, 0.2) is 24.3 Å². The summed E-state index contributed by atoms with van der Waals surface area (Å²) in [6, 6.07) is 6.90. The molecule has 5 heteroatoms. The number of fused-ring (bicyclic) bond motifs is 1. The van der Waals surface area contributed by atoms with Crippen LogP contribution in [0.3, 0.4) is 0 Å². The van der Waals surface area contributed by atoms with E-state index in [1.165, 1.54) is 11.8 Å². The molecule has 1 aromatic carbocycles. The lowest BCUT2D eigenvalue weighted by Crippen LogP contribution is -2.46. The molecule has 0 fully saturated rings. The number of carboxylic acid groups (broad SMARTS) is 1. The van der Waals surface area contributed by atoms with Crippen molar-refractivity contribution in [1.29, 1.82) is 0 Å². The highest BCUT2D eigenvalue weighted by molar-refractivity contribution is 5.95. The number of nitrogens with zero attached hydrogens (tertiary/aromatic N) is 1. The molecule has 1 aliphatic rings. The van der Waals surface area contributed by atoms with Gasteiger partial charge in [0.1, 0.15) is 5.75 Å². The van der Waals surface area contributed by atoms with Gasteiger partial charge in [-0.3, -0.25) is 4.79 Å². The summed E-state index contributed by atoms with van der Waals surface area (Å²) in [5, 5.41) is 8.90. The number of benzene rings is 1. The molecule has 1 heterocycles. The van der Waals surface area contributed by atoms with E-state index in [-0.39, 0.29) is 12.5 Å². The SMILES string of the molecule is CC(=O)N1C[C@H](C(=O)O)Oc2ccccc21. The molecule has 1 N–H and O–H groups in total. The minimum Gasteiger partial charge on any atom is -0.478 e. The van der Waals surface area contributed by atoms with Crippen LogP contribution in [0.2, 0.25) is 0 Å². The summed E-state index contributed by atoms with van der Waals surface area (Å²) in [6.07, 6.45) is -1.00. The summed E-state index contributed by atoms with van der Waals surface area (Å²) >= 11 is 0. The highest BCUT2D eigenvalue weighted by Crippen LogP contribution is 2.32. The van der Waals surface area contributed by atoms with Gasteiger partial charge >= 0.3 is 5.97 Å². The lowest BCUT2D eigenvalue weighted by atomic mass is 10.2. The maximum atomic E-state index is 11.4. The quantitative estimate of drug-likeness (QED) is 0.764. The van der Waals surface area contributed by atoms with Gasteiger partial charge in [-0.1, -0.05) is 12.1 Å². The van der Waals surface area contributed by atoms with Gasteiger partial charge in [0.2, 0.25) is 12.0 Å². The normalized spacial score (nSPS) is 18.6. The predicted molar refractivity (Wildman–Crippen MR) is 56.5 cm³/mol. The number of hydrogen-bond donors (Lipinski definition) is 1. The topological polar surface area (TPSA) is 66.8 Å². The van der Waals surface area contributed by atoms with E-state index >= 15 is 0 Å². The van der Waals surface area contributed by atoms with E-state index in [2.05, 4.69) is 0 Å². The molecule has 5 nitrogen and oxygen atoms in total. The van der Waals surface area contributed by atoms with Crippen LogP contribution in [0.25, 0.3) is 0 Å². The van der Waals surface area contributed by atoms with Crippen molar-refractivity contribution in [2.45, 2.75) is 13.0 Å². The molecule has 16 heavy (non-hydrogen) atoms. The standard InChI is InChI=1S/C11H11NO4/c1-7(13)12-6-10(11(14)15)16-9-5-3-2-4-8(9)12/h2-5,10H,6H2,1H3,(H,14,15)/t10-/m1/s1. The van der Waals surface area contributed by atoms with E-state index in [0.29, 0.717) is 11.4 Å². The van der Waals surface area contributed by atoms with Crippen molar-refractivity contribution in [3.05, 3.63) is 24.3 Å². The number of carboxylic acids is 1. The summed E-state index contributed by atoms with van der Waals surface area (Å²) in [7, 11) is 0. The van der Waals surface area contributed by atoms with Crippen molar-refractivity contribution in [3.63, 3.8) is 0 Å². The largest absolute Gasteiger partial charge is 0.478 e. The number of ether oxygens (including phenoxy) is 1. The van der Waals surface area contributed by atoms with E-state index in [4.69, 9.17) is 9.84 Å². The fourth-order valence-electron chi connectivity index (χ4n) is 1.66. The Morgan fingerprint density at radius 1 is 1.44 bits per heavy atom. The summed E-state index contributed by atoms with van der Waals surface area (Å²) in [5.74, 6) is -0.834. The molecular weight excluding hydrogens is 210 g/mol. The first-order valence-corrected chi connectivity index (χ1v) is 4.86. The first-order chi connectivity index (χ1) is 7.59. The van der Waals surface area contributed by atoms with Gasteiger partial charge < -0.3 is 14.7 Å². The van der Waals surface area contributed by atoms with E-state index in [1.807, 2.05) is 0 Å². The second kappa shape index (κ2) is 3.84. The van der Waals surface area contributed by atoms with Gasteiger partial charge in [0.05, 0.1) is 12.2 Å². The van der Waals surface area contributed by atoms with Crippen LogP contribution in [-0.2, 0) is 9.59 Å². The zero-order valence-corrected chi connectivity index (χ0v) is 8.71. The van der Waals surface area contributed by atoms with E-state index < -0.39 is 12.1 Å². The Bertz CT molecular complexity index is 443. The molecule has 2 rings (SSSR count). The van der Waals surface area contributed by atoms with Gasteiger partial charge in [0, 0.05) is 6.92 Å². The van der Waals surface area contributed by atoms with Gasteiger partial charge in [-0.05, 0) is 12.1 Å². The third kappa shape index (κ3) is 1.71. The van der Waals surface area contributed by atoms with Crippen LogP contribution in [0.5, 0.6) is 5.75 Å². The molecule has 0 saturated heterocycles. The molecule has 1 aliphatic heterocycles. The highest BCUT2D eigenvalue weighted by Gasteiger charge is 2.31. The first kappa shape index (κ1) is 10.5.